The monoisotopic (exact) mass is 354 g/mol. The summed E-state index contributed by atoms with van der Waals surface area (Å²) in [5, 5.41) is 0. The van der Waals surface area contributed by atoms with Gasteiger partial charge in [0.25, 0.3) is 11.8 Å². The van der Waals surface area contributed by atoms with Crippen LogP contribution in [0.2, 0.25) is 0 Å². The van der Waals surface area contributed by atoms with E-state index in [-0.39, 0.29) is 24.1 Å². The van der Waals surface area contributed by atoms with E-state index >= 15 is 0 Å². The zero-order chi connectivity index (χ0) is 18.5. The van der Waals surface area contributed by atoms with Gasteiger partial charge < -0.3 is 20.1 Å². The van der Waals surface area contributed by atoms with Crippen LogP contribution in [0.1, 0.15) is 28.8 Å². The van der Waals surface area contributed by atoms with Gasteiger partial charge in [-0.3, -0.25) is 9.59 Å². The highest BCUT2D eigenvalue weighted by atomic mass is 16.5. The normalized spacial score (nSPS) is 13.1. The molecule has 1 saturated carbocycles. The highest BCUT2D eigenvalue weighted by molar-refractivity contribution is 5.95. The predicted octanol–water partition coefficient (Wildman–Crippen LogP) is 2.36. The first-order valence-corrected chi connectivity index (χ1v) is 8.52. The lowest BCUT2D eigenvalue weighted by atomic mass is 10.2. The largest absolute Gasteiger partial charge is 0.497 e. The van der Waals surface area contributed by atoms with Crippen molar-refractivity contribution in [2.75, 3.05) is 13.7 Å². The van der Waals surface area contributed by atoms with Crippen molar-refractivity contribution in [1.82, 2.24) is 4.90 Å². The Morgan fingerprint density at radius 1 is 1.12 bits per heavy atom. The second-order valence-electron chi connectivity index (χ2n) is 6.25. The van der Waals surface area contributed by atoms with Gasteiger partial charge in [-0.15, -0.1) is 0 Å². The molecule has 0 radical (unpaired) electrons. The van der Waals surface area contributed by atoms with Crippen LogP contribution in [0.15, 0.2) is 48.5 Å². The van der Waals surface area contributed by atoms with Crippen LogP contribution in [0.3, 0.4) is 0 Å². The van der Waals surface area contributed by atoms with Gasteiger partial charge >= 0.3 is 0 Å². The third kappa shape index (κ3) is 4.33. The summed E-state index contributed by atoms with van der Waals surface area (Å²) >= 11 is 0. The van der Waals surface area contributed by atoms with Gasteiger partial charge in [-0.2, -0.15) is 0 Å². The Labute approximate surface area is 152 Å². The fraction of sp³-hybridized carbons (Fsp3) is 0.300. The number of nitrogens with two attached hydrogens (primary N) is 1. The van der Waals surface area contributed by atoms with E-state index < -0.39 is 5.91 Å². The first-order chi connectivity index (χ1) is 12.6. The number of hydrogen-bond donors (Lipinski definition) is 1. The highest BCUT2D eigenvalue weighted by Crippen LogP contribution is 2.29. The van der Waals surface area contributed by atoms with Gasteiger partial charge in [0.05, 0.1) is 12.7 Å². The molecule has 1 aliphatic carbocycles. The standard InChI is InChI=1S/C20H22N2O4/c1-25-16-10-6-14(7-11-16)12-22(15-8-9-15)19(23)13-26-18-5-3-2-4-17(18)20(21)24/h2-7,10-11,15H,8-9,12-13H2,1H3,(H2,21,24). The Kier molecular flexibility index (Phi) is 5.41. The lowest BCUT2D eigenvalue weighted by Gasteiger charge is -2.23. The summed E-state index contributed by atoms with van der Waals surface area (Å²) in [7, 11) is 1.62. The summed E-state index contributed by atoms with van der Waals surface area (Å²) in [5.74, 6) is 0.422. The molecule has 2 aromatic rings. The second kappa shape index (κ2) is 7.91. The number of rotatable bonds is 8. The van der Waals surface area contributed by atoms with Crippen LogP contribution < -0.4 is 15.2 Å². The third-order valence-corrected chi connectivity index (χ3v) is 4.32. The second-order valence-corrected chi connectivity index (χ2v) is 6.25. The van der Waals surface area contributed by atoms with Crippen molar-refractivity contribution in [2.45, 2.75) is 25.4 Å². The summed E-state index contributed by atoms with van der Waals surface area (Å²) in [5.41, 5.74) is 6.64. The number of carbonyl (C=O) groups is 2. The van der Waals surface area contributed by atoms with Gasteiger partial charge in [-0.1, -0.05) is 24.3 Å². The molecule has 0 saturated heterocycles. The van der Waals surface area contributed by atoms with Crippen molar-refractivity contribution in [3.05, 3.63) is 59.7 Å². The van der Waals surface area contributed by atoms with E-state index in [1.807, 2.05) is 29.2 Å². The Hall–Kier alpha value is -3.02. The Morgan fingerprint density at radius 3 is 2.42 bits per heavy atom. The number of para-hydroxylation sites is 1. The average molecular weight is 354 g/mol. The van der Waals surface area contributed by atoms with Gasteiger partial charge in [0.15, 0.2) is 6.61 Å². The fourth-order valence-corrected chi connectivity index (χ4v) is 2.75. The molecular formula is C20H22N2O4. The summed E-state index contributed by atoms with van der Waals surface area (Å²) in [4.78, 5) is 25.9. The molecule has 6 heteroatoms. The zero-order valence-electron chi connectivity index (χ0n) is 14.7. The minimum atomic E-state index is -0.578. The van der Waals surface area contributed by atoms with Crippen LogP contribution in [-0.4, -0.2) is 36.5 Å². The molecule has 2 N–H and O–H groups in total. The number of nitrogens with zero attached hydrogens (tertiary/aromatic N) is 1. The van der Waals surface area contributed by atoms with Crippen molar-refractivity contribution in [1.29, 1.82) is 0 Å². The molecule has 136 valence electrons. The molecule has 0 aromatic heterocycles. The summed E-state index contributed by atoms with van der Waals surface area (Å²) in [6.07, 6.45) is 2.00. The fourth-order valence-electron chi connectivity index (χ4n) is 2.75. The lowest BCUT2D eigenvalue weighted by molar-refractivity contribution is -0.134. The molecular weight excluding hydrogens is 332 g/mol. The van der Waals surface area contributed by atoms with E-state index in [9.17, 15) is 9.59 Å². The maximum Gasteiger partial charge on any atom is 0.261 e. The highest BCUT2D eigenvalue weighted by Gasteiger charge is 2.32. The zero-order valence-corrected chi connectivity index (χ0v) is 14.7. The summed E-state index contributed by atoms with van der Waals surface area (Å²) < 4.78 is 10.7. The van der Waals surface area contributed by atoms with E-state index in [0.717, 1.165) is 24.2 Å². The number of ether oxygens (including phenoxy) is 2. The molecule has 0 spiro atoms. The molecule has 3 rings (SSSR count). The van der Waals surface area contributed by atoms with Crippen LogP contribution >= 0.6 is 0 Å². The molecule has 0 atom stereocenters. The van der Waals surface area contributed by atoms with E-state index in [1.165, 1.54) is 0 Å². The van der Waals surface area contributed by atoms with E-state index in [2.05, 4.69) is 0 Å². The van der Waals surface area contributed by atoms with Crippen molar-refractivity contribution in [2.24, 2.45) is 5.73 Å². The molecule has 1 fully saturated rings. The predicted molar refractivity (Wildman–Crippen MR) is 97.0 cm³/mol. The average Bonchev–Trinajstić information content (AvgIpc) is 3.50. The molecule has 2 aromatic carbocycles. The minimum Gasteiger partial charge on any atom is -0.497 e. The van der Waals surface area contributed by atoms with Gasteiger partial charge in [0.2, 0.25) is 0 Å². The molecule has 2 amide bonds. The lowest BCUT2D eigenvalue weighted by Crippen LogP contribution is -2.36. The number of carbonyl (C=O) groups excluding carboxylic acids is 2. The SMILES string of the molecule is COc1ccc(CN(C(=O)COc2ccccc2C(N)=O)C2CC2)cc1. The first kappa shape index (κ1) is 17.8. The van der Waals surface area contributed by atoms with Crippen LogP contribution in [0.4, 0.5) is 0 Å². The van der Waals surface area contributed by atoms with Crippen molar-refractivity contribution >= 4 is 11.8 Å². The van der Waals surface area contributed by atoms with E-state index in [4.69, 9.17) is 15.2 Å². The Bertz CT molecular complexity index is 785. The van der Waals surface area contributed by atoms with Gasteiger partial charge in [0.1, 0.15) is 11.5 Å². The topological polar surface area (TPSA) is 81.9 Å². The molecule has 6 nitrogen and oxygen atoms in total. The summed E-state index contributed by atoms with van der Waals surface area (Å²) in [6.45, 7) is 0.394. The summed E-state index contributed by atoms with van der Waals surface area (Å²) in [6, 6.07) is 14.6. The van der Waals surface area contributed by atoms with Crippen LogP contribution in [0.25, 0.3) is 0 Å². The molecule has 0 heterocycles. The van der Waals surface area contributed by atoms with Gasteiger partial charge in [0, 0.05) is 12.6 Å². The smallest absolute Gasteiger partial charge is 0.261 e. The molecule has 0 unspecified atom stereocenters. The molecule has 0 aliphatic heterocycles. The molecule has 26 heavy (non-hydrogen) atoms. The van der Waals surface area contributed by atoms with E-state index in [0.29, 0.717) is 12.3 Å². The minimum absolute atomic E-state index is 0.109. The van der Waals surface area contributed by atoms with Crippen molar-refractivity contribution < 1.29 is 19.1 Å². The number of hydrogen-bond acceptors (Lipinski definition) is 4. The van der Waals surface area contributed by atoms with Gasteiger partial charge in [-0.05, 0) is 42.7 Å². The molecule has 0 bridgehead atoms. The number of benzene rings is 2. The quantitative estimate of drug-likeness (QED) is 0.789. The van der Waals surface area contributed by atoms with Gasteiger partial charge in [-0.25, -0.2) is 0 Å². The first-order valence-electron chi connectivity index (χ1n) is 8.52. The van der Waals surface area contributed by atoms with Crippen molar-refractivity contribution in [3.8, 4) is 11.5 Å². The number of primary amides is 1. The Balaban J connectivity index is 1.65. The maximum absolute atomic E-state index is 12.7. The maximum atomic E-state index is 12.7. The molecule has 1 aliphatic rings. The number of methoxy groups -OCH3 is 1. The van der Waals surface area contributed by atoms with E-state index in [1.54, 1.807) is 31.4 Å². The van der Waals surface area contributed by atoms with Crippen LogP contribution in [-0.2, 0) is 11.3 Å². The number of amides is 2. The van der Waals surface area contributed by atoms with Crippen molar-refractivity contribution in [3.63, 3.8) is 0 Å². The van der Waals surface area contributed by atoms with Crippen LogP contribution in [0, 0.1) is 0 Å². The Morgan fingerprint density at radius 2 is 1.81 bits per heavy atom. The third-order valence-electron chi connectivity index (χ3n) is 4.32. The van der Waals surface area contributed by atoms with Crippen LogP contribution in [0.5, 0.6) is 11.5 Å².